The first kappa shape index (κ1) is 13.8. The van der Waals surface area contributed by atoms with E-state index in [0.29, 0.717) is 18.4 Å². The van der Waals surface area contributed by atoms with Crippen molar-refractivity contribution in [3.05, 3.63) is 53.9 Å². The first-order chi connectivity index (χ1) is 10.1. The van der Waals surface area contributed by atoms with E-state index < -0.39 is 6.10 Å². The first-order valence-corrected chi connectivity index (χ1v) is 7.07. The number of carbonyl (C=O) groups is 1. The number of aliphatic hydroxyl groups is 1. The summed E-state index contributed by atoms with van der Waals surface area (Å²) in [5.41, 5.74) is 1.51. The Bertz CT molecular complexity index is 623. The largest absolute Gasteiger partial charge is 0.458 e. The van der Waals surface area contributed by atoms with Crippen LogP contribution in [0.15, 0.2) is 42.6 Å². The van der Waals surface area contributed by atoms with E-state index in [0.717, 1.165) is 5.69 Å². The number of aliphatic hydroxyl groups excluding tert-OH is 1. The molecule has 110 valence electrons. The van der Waals surface area contributed by atoms with Crippen LogP contribution in [0.5, 0.6) is 0 Å². The highest BCUT2D eigenvalue weighted by Gasteiger charge is 2.38. The maximum atomic E-state index is 12.2. The molecule has 3 atom stereocenters. The summed E-state index contributed by atoms with van der Waals surface area (Å²) in [7, 11) is 1.86. The highest BCUT2D eigenvalue weighted by molar-refractivity contribution is 5.89. The van der Waals surface area contributed by atoms with E-state index in [1.54, 1.807) is 35.1 Å². The molecule has 1 saturated carbocycles. The molecular formula is C16H18N2O3. The molecule has 3 unspecified atom stereocenters. The summed E-state index contributed by atoms with van der Waals surface area (Å²) in [5.74, 6) is -0.359. The number of ether oxygens (including phenoxy) is 1. The topological polar surface area (TPSA) is 64.3 Å². The number of carbonyl (C=O) groups excluding carboxylic acids is 1. The molecule has 0 spiro atoms. The number of hydrogen-bond donors (Lipinski definition) is 1. The van der Waals surface area contributed by atoms with Gasteiger partial charge in [-0.1, -0.05) is 18.2 Å². The number of esters is 1. The molecule has 0 amide bonds. The molecule has 0 radical (unpaired) electrons. The molecular weight excluding hydrogens is 268 g/mol. The third-order valence-corrected chi connectivity index (χ3v) is 3.99. The summed E-state index contributed by atoms with van der Waals surface area (Å²) in [6.07, 6.45) is 2.01. The Balaban J connectivity index is 1.77. The number of nitrogens with zero attached hydrogens (tertiary/aromatic N) is 2. The average Bonchev–Trinajstić information content (AvgIpc) is 3.05. The van der Waals surface area contributed by atoms with Gasteiger partial charge >= 0.3 is 5.97 Å². The molecule has 1 aliphatic rings. The van der Waals surface area contributed by atoms with Crippen LogP contribution in [-0.2, 0) is 11.8 Å². The molecule has 5 nitrogen and oxygen atoms in total. The van der Waals surface area contributed by atoms with E-state index in [-0.39, 0.29) is 18.0 Å². The molecule has 2 aromatic rings. The summed E-state index contributed by atoms with van der Waals surface area (Å²) >= 11 is 0. The van der Waals surface area contributed by atoms with E-state index in [9.17, 15) is 9.90 Å². The third kappa shape index (κ3) is 2.83. The molecule has 5 heteroatoms. The van der Waals surface area contributed by atoms with Gasteiger partial charge in [-0.25, -0.2) is 4.79 Å². The number of rotatable bonds is 3. The lowest BCUT2D eigenvalue weighted by molar-refractivity contribution is 0.0248. The van der Waals surface area contributed by atoms with Crippen molar-refractivity contribution in [3.8, 4) is 0 Å². The maximum absolute atomic E-state index is 12.2. The van der Waals surface area contributed by atoms with Gasteiger partial charge in [0.25, 0.3) is 0 Å². The molecule has 1 fully saturated rings. The van der Waals surface area contributed by atoms with Crippen LogP contribution in [0.2, 0.25) is 0 Å². The van der Waals surface area contributed by atoms with Crippen molar-refractivity contribution < 1.29 is 14.6 Å². The van der Waals surface area contributed by atoms with Crippen molar-refractivity contribution in [1.82, 2.24) is 9.78 Å². The number of aryl methyl sites for hydroxylation is 1. The monoisotopic (exact) mass is 286 g/mol. The predicted molar refractivity (Wildman–Crippen MR) is 76.8 cm³/mol. The number of hydrogen-bond acceptors (Lipinski definition) is 4. The summed E-state index contributed by atoms with van der Waals surface area (Å²) in [5, 5.41) is 14.1. The van der Waals surface area contributed by atoms with Crippen molar-refractivity contribution in [2.45, 2.75) is 31.0 Å². The quantitative estimate of drug-likeness (QED) is 0.875. The Kier molecular flexibility index (Phi) is 3.75. The molecule has 0 aliphatic heterocycles. The first-order valence-electron chi connectivity index (χ1n) is 7.07. The van der Waals surface area contributed by atoms with Gasteiger partial charge in [0, 0.05) is 31.3 Å². The summed E-state index contributed by atoms with van der Waals surface area (Å²) < 4.78 is 7.39. The lowest BCUT2D eigenvalue weighted by Gasteiger charge is -2.20. The molecule has 0 saturated heterocycles. The zero-order chi connectivity index (χ0) is 14.8. The highest BCUT2D eigenvalue weighted by Crippen LogP contribution is 2.37. The Morgan fingerprint density at radius 3 is 2.71 bits per heavy atom. The van der Waals surface area contributed by atoms with Gasteiger partial charge in [-0.3, -0.25) is 4.68 Å². The van der Waals surface area contributed by atoms with E-state index >= 15 is 0 Å². The zero-order valence-electron chi connectivity index (χ0n) is 11.8. The Morgan fingerprint density at radius 2 is 2.05 bits per heavy atom. The van der Waals surface area contributed by atoms with Gasteiger partial charge in [0.1, 0.15) is 6.10 Å². The number of benzene rings is 1. The van der Waals surface area contributed by atoms with Crippen LogP contribution in [0.1, 0.15) is 34.8 Å². The van der Waals surface area contributed by atoms with Crippen LogP contribution in [0.4, 0.5) is 0 Å². The Morgan fingerprint density at radius 1 is 1.29 bits per heavy atom. The second-order valence-electron chi connectivity index (χ2n) is 5.42. The molecule has 21 heavy (non-hydrogen) atoms. The third-order valence-electron chi connectivity index (χ3n) is 3.99. The fraction of sp³-hybridized carbons (Fsp3) is 0.375. The summed E-state index contributed by atoms with van der Waals surface area (Å²) in [4.78, 5) is 12.2. The fourth-order valence-corrected chi connectivity index (χ4v) is 2.94. The summed E-state index contributed by atoms with van der Waals surface area (Å²) in [6.45, 7) is 0. The van der Waals surface area contributed by atoms with E-state index in [4.69, 9.17) is 4.74 Å². The van der Waals surface area contributed by atoms with Crippen molar-refractivity contribution in [2.24, 2.45) is 7.05 Å². The van der Waals surface area contributed by atoms with Crippen molar-refractivity contribution in [3.63, 3.8) is 0 Å². The minimum absolute atomic E-state index is 0.0137. The molecule has 1 aromatic carbocycles. The van der Waals surface area contributed by atoms with Crippen LogP contribution < -0.4 is 0 Å². The second-order valence-corrected chi connectivity index (χ2v) is 5.42. The Labute approximate surface area is 123 Å². The van der Waals surface area contributed by atoms with Crippen LogP contribution in [0, 0.1) is 0 Å². The van der Waals surface area contributed by atoms with Crippen LogP contribution in [0.25, 0.3) is 0 Å². The van der Waals surface area contributed by atoms with Crippen molar-refractivity contribution in [2.75, 3.05) is 0 Å². The van der Waals surface area contributed by atoms with E-state index in [1.165, 1.54) is 0 Å². The van der Waals surface area contributed by atoms with Gasteiger partial charge in [-0.15, -0.1) is 0 Å². The lowest BCUT2D eigenvalue weighted by Crippen LogP contribution is -2.22. The standard InChI is InChI=1S/C16H18N2O3/c1-18-14(7-8-17-18)13-9-12(19)10-15(13)21-16(20)11-5-3-2-4-6-11/h2-8,12-13,15,19H,9-10H2,1H3. The Hall–Kier alpha value is -2.14. The van der Waals surface area contributed by atoms with Gasteiger partial charge in [0.15, 0.2) is 0 Å². The zero-order valence-corrected chi connectivity index (χ0v) is 11.8. The maximum Gasteiger partial charge on any atom is 0.338 e. The normalized spacial score (nSPS) is 25.0. The minimum Gasteiger partial charge on any atom is -0.458 e. The average molecular weight is 286 g/mol. The van der Waals surface area contributed by atoms with Gasteiger partial charge in [0.05, 0.1) is 11.7 Å². The smallest absolute Gasteiger partial charge is 0.338 e. The lowest BCUT2D eigenvalue weighted by atomic mass is 10.0. The van der Waals surface area contributed by atoms with Gasteiger partial charge in [-0.2, -0.15) is 5.10 Å². The molecule has 1 aliphatic carbocycles. The van der Waals surface area contributed by atoms with Crippen molar-refractivity contribution >= 4 is 5.97 Å². The SMILES string of the molecule is Cn1nccc1C1CC(O)CC1OC(=O)c1ccccc1. The predicted octanol–water partition coefficient (Wildman–Crippen LogP) is 1.88. The van der Waals surface area contributed by atoms with Crippen LogP contribution in [-0.4, -0.2) is 33.1 Å². The van der Waals surface area contributed by atoms with Gasteiger partial charge < -0.3 is 9.84 Å². The van der Waals surface area contributed by atoms with Crippen molar-refractivity contribution in [1.29, 1.82) is 0 Å². The van der Waals surface area contributed by atoms with Gasteiger partial charge in [-0.05, 0) is 24.6 Å². The summed E-state index contributed by atoms with van der Waals surface area (Å²) in [6, 6.07) is 10.8. The van der Waals surface area contributed by atoms with Crippen LogP contribution in [0.3, 0.4) is 0 Å². The fourth-order valence-electron chi connectivity index (χ4n) is 2.94. The highest BCUT2D eigenvalue weighted by atomic mass is 16.5. The molecule has 1 heterocycles. The van der Waals surface area contributed by atoms with E-state index in [2.05, 4.69) is 5.10 Å². The second kappa shape index (κ2) is 5.69. The molecule has 1 N–H and O–H groups in total. The minimum atomic E-state index is -0.446. The molecule has 0 bridgehead atoms. The van der Waals surface area contributed by atoms with Crippen LogP contribution >= 0.6 is 0 Å². The number of aromatic nitrogens is 2. The van der Waals surface area contributed by atoms with Gasteiger partial charge in [0.2, 0.25) is 0 Å². The molecule has 1 aromatic heterocycles. The van der Waals surface area contributed by atoms with E-state index in [1.807, 2.05) is 19.2 Å². The molecule has 3 rings (SSSR count).